The minimum Gasteiger partial charge on any atom is -0.768 e. The molecule has 0 aliphatic carbocycles. The normalized spacial score (nSPS) is 12.1. The van der Waals surface area contributed by atoms with E-state index in [0.717, 1.165) is 6.42 Å². The molecule has 4 aromatic carbocycles. The molecule has 0 radical (unpaired) electrons. The largest absolute Gasteiger partial charge is 0.768 e. The Balaban J connectivity index is 0.000000467. The van der Waals surface area contributed by atoms with Crippen LogP contribution >= 0.6 is 0 Å². The van der Waals surface area contributed by atoms with Crippen LogP contribution in [0.25, 0.3) is 0 Å². The van der Waals surface area contributed by atoms with Gasteiger partial charge in [0.1, 0.15) is 17.2 Å². The van der Waals surface area contributed by atoms with Crippen LogP contribution in [0.1, 0.15) is 84.5 Å². The molecule has 0 spiro atoms. The molecule has 0 saturated heterocycles. The van der Waals surface area contributed by atoms with Crippen molar-refractivity contribution >= 4 is 74.1 Å². The average Bonchev–Trinajstić information content (AvgIpc) is 3.28. The SMILES string of the molecule is COc1ccc(S(=O)[O-])cc1CCC(=O)O.Cc1cc(C(=O)O)ccc1S(=O)[O-].Cc1cc(OCC(=O)O)cc(C(C)C)c1S(=O)[O-].O=C(O)CCCCCNC(=O)COc1ccc(S(=O)[O-])cc1. The lowest BCUT2D eigenvalue weighted by atomic mass is 10.0. The van der Waals surface area contributed by atoms with Gasteiger partial charge in [-0.05, 0) is 178 Å². The molecule has 0 fully saturated rings. The highest BCUT2D eigenvalue weighted by Crippen LogP contribution is 2.30. The lowest BCUT2D eigenvalue weighted by Crippen LogP contribution is -2.29. The fourth-order valence-corrected chi connectivity index (χ4v) is 7.66. The van der Waals surface area contributed by atoms with Crippen LogP contribution in [-0.4, -0.2) is 112 Å². The first-order valence-corrected chi connectivity index (χ1v) is 24.5. The summed E-state index contributed by atoms with van der Waals surface area (Å²) in [5, 5.41) is 36.8. The molecule has 69 heavy (non-hydrogen) atoms. The Bertz CT molecular complexity index is 2460. The summed E-state index contributed by atoms with van der Waals surface area (Å²) in [5.74, 6) is -2.89. The molecule has 25 heteroatoms. The fourth-order valence-electron chi connectivity index (χ4n) is 5.57. The number of aliphatic carboxylic acids is 3. The fraction of sp³-hybridized carbons (Fsp3) is 0.341. The summed E-state index contributed by atoms with van der Waals surface area (Å²) in [4.78, 5) is 53.8. The number of unbranched alkanes of at least 4 members (excludes halogenated alkanes) is 2. The van der Waals surface area contributed by atoms with Crippen molar-refractivity contribution in [1.82, 2.24) is 5.32 Å². The number of hydrogen-bond donors (Lipinski definition) is 5. The van der Waals surface area contributed by atoms with Crippen LogP contribution in [0.3, 0.4) is 0 Å². The Hall–Kier alpha value is -5.93. The lowest BCUT2D eigenvalue weighted by Gasteiger charge is -2.19. The topological polar surface area (TPSA) is 367 Å². The summed E-state index contributed by atoms with van der Waals surface area (Å²) in [5.41, 5.74) is 2.28. The maximum atomic E-state index is 11.5. The quantitative estimate of drug-likeness (QED) is 0.0523. The van der Waals surface area contributed by atoms with Crippen molar-refractivity contribution in [1.29, 1.82) is 0 Å². The molecule has 4 atom stereocenters. The summed E-state index contributed by atoms with van der Waals surface area (Å²) in [7, 11) is 1.45. The van der Waals surface area contributed by atoms with Crippen molar-refractivity contribution in [2.45, 2.75) is 91.7 Å². The summed E-state index contributed by atoms with van der Waals surface area (Å²) in [6.07, 6.45) is 2.36. The van der Waals surface area contributed by atoms with E-state index in [0.29, 0.717) is 58.9 Å². The minimum atomic E-state index is -2.32. The molecule has 21 nitrogen and oxygen atoms in total. The second kappa shape index (κ2) is 32.0. The average molecular weight is 1040 g/mol. The molecule has 0 aromatic heterocycles. The molecular formula is C44H51NO20S4-4. The second-order valence-electron chi connectivity index (χ2n) is 14.4. The molecule has 4 unspecified atom stereocenters. The van der Waals surface area contributed by atoms with Crippen LogP contribution in [0.15, 0.2) is 92.4 Å². The van der Waals surface area contributed by atoms with E-state index in [1.807, 2.05) is 13.8 Å². The number of carboxylic acid groups (broad SMARTS) is 4. The van der Waals surface area contributed by atoms with Crippen molar-refractivity contribution < 1.29 is 93.7 Å². The van der Waals surface area contributed by atoms with Gasteiger partial charge in [-0.1, -0.05) is 20.3 Å². The van der Waals surface area contributed by atoms with Crippen LogP contribution in [-0.2, 0) is 69.9 Å². The minimum absolute atomic E-state index is 0.00461. The molecule has 4 aromatic rings. The van der Waals surface area contributed by atoms with E-state index in [4.69, 9.17) is 34.6 Å². The Kier molecular flexibility index (Phi) is 28.3. The van der Waals surface area contributed by atoms with Gasteiger partial charge in [0.25, 0.3) is 5.91 Å². The molecule has 0 aliphatic rings. The number of benzene rings is 4. The third-order valence-corrected chi connectivity index (χ3v) is 11.9. The van der Waals surface area contributed by atoms with E-state index in [9.17, 15) is 59.0 Å². The van der Waals surface area contributed by atoms with Crippen molar-refractivity contribution in [3.63, 3.8) is 0 Å². The van der Waals surface area contributed by atoms with Crippen molar-refractivity contribution in [3.8, 4) is 17.2 Å². The smallest absolute Gasteiger partial charge is 0.341 e. The number of aromatic carboxylic acids is 1. The molecule has 0 heterocycles. The number of hydrogen-bond acceptors (Lipinski definition) is 16. The first kappa shape index (κ1) is 61.1. The van der Waals surface area contributed by atoms with Crippen molar-refractivity contribution in [3.05, 3.63) is 101 Å². The van der Waals surface area contributed by atoms with Gasteiger partial charge < -0.3 is 58.2 Å². The first-order chi connectivity index (χ1) is 32.4. The van der Waals surface area contributed by atoms with Gasteiger partial charge in [-0.3, -0.25) is 31.2 Å². The summed E-state index contributed by atoms with van der Waals surface area (Å²) >= 11 is -9.22. The third-order valence-electron chi connectivity index (χ3n) is 8.86. The molecule has 4 rings (SSSR count). The van der Waals surface area contributed by atoms with Crippen molar-refractivity contribution in [2.24, 2.45) is 0 Å². The highest BCUT2D eigenvalue weighted by Gasteiger charge is 2.14. The van der Waals surface area contributed by atoms with Crippen molar-refractivity contribution in [2.75, 3.05) is 26.9 Å². The highest BCUT2D eigenvalue weighted by atomic mass is 32.2. The molecule has 0 saturated carbocycles. The highest BCUT2D eigenvalue weighted by molar-refractivity contribution is 7.80. The number of amides is 1. The van der Waals surface area contributed by atoms with E-state index in [1.54, 1.807) is 19.9 Å². The number of carbonyl (C=O) groups excluding carboxylic acids is 1. The van der Waals surface area contributed by atoms with Crippen LogP contribution in [0.5, 0.6) is 17.2 Å². The van der Waals surface area contributed by atoms with Crippen LogP contribution in [0, 0.1) is 13.8 Å². The van der Waals surface area contributed by atoms with E-state index in [2.05, 4.69) is 5.32 Å². The van der Waals surface area contributed by atoms with Gasteiger partial charge in [0.15, 0.2) is 13.2 Å². The predicted molar refractivity (Wildman–Crippen MR) is 245 cm³/mol. The number of nitrogens with one attached hydrogen (secondary N) is 1. The monoisotopic (exact) mass is 1040 g/mol. The van der Waals surface area contributed by atoms with Gasteiger partial charge in [-0.2, -0.15) is 0 Å². The maximum absolute atomic E-state index is 11.5. The first-order valence-electron chi connectivity index (χ1n) is 20.2. The van der Waals surface area contributed by atoms with Gasteiger partial charge in [-0.25, -0.2) is 9.59 Å². The van der Waals surface area contributed by atoms with Gasteiger partial charge in [0.2, 0.25) is 0 Å². The number of ether oxygens (including phenoxy) is 3. The van der Waals surface area contributed by atoms with E-state index in [-0.39, 0.29) is 62.8 Å². The number of carbonyl (C=O) groups is 5. The number of carboxylic acids is 4. The van der Waals surface area contributed by atoms with Crippen LogP contribution < -0.4 is 19.5 Å². The van der Waals surface area contributed by atoms with Gasteiger partial charge in [-0.15, -0.1) is 0 Å². The molecule has 0 bridgehead atoms. The third kappa shape index (κ3) is 24.3. The number of methoxy groups -OCH3 is 1. The van der Waals surface area contributed by atoms with Gasteiger partial charge >= 0.3 is 23.9 Å². The maximum Gasteiger partial charge on any atom is 0.341 e. The second-order valence-corrected chi connectivity index (χ2v) is 18.1. The number of rotatable bonds is 22. The lowest BCUT2D eigenvalue weighted by molar-refractivity contribution is -0.139. The molecule has 5 N–H and O–H groups in total. The van der Waals surface area contributed by atoms with Crippen LogP contribution in [0.2, 0.25) is 0 Å². The van der Waals surface area contributed by atoms with E-state index >= 15 is 0 Å². The van der Waals surface area contributed by atoms with E-state index in [1.165, 1.54) is 73.8 Å². The Morgan fingerprint density at radius 1 is 0.623 bits per heavy atom. The Morgan fingerprint density at radius 2 is 1.22 bits per heavy atom. The number of aryl methyl sites for hydroxylation is 3. The Labute approximate surface area is 407 Å². The zero-order valence-electron chi connectivity index (χ0n) is 37.8. The predicted octanol–water partition coefficient (Wildman–Crippen LogP) is 4.77. The zero-order chi connectivity index (χ0) is 52.4. The summed E-state index contributed by atoms with van der Waals surface area (Å²) in [6.45, 7) is 6.81. The zero-order valence-corrected chi connectivity index (χ0v) is 41.1. The Morgan fingerprint density at radius 3 is 1.71 bits per heavy atom. The van der Waals surface area contributed by atoms with Gasteiger partial charge in [0.05, 0.1) is 12.7 Å². The van der Waals surface area contributed by atoms with Gasteiger partial charge in [0, 0.05) is 39.0 Å². The molecule has 1 amide bonds. The molecular weight excluding hydrogens is 991 g/mol. The standard InChI is InChI=1S/C14H19NO6S.C12H16O5S.C10H12O5S.C8H8O4S/c16-13(15-9-3-1-2-4-14(17)18)10-21-11-5-7-12(8-6-11)22(19)20;1-7(2)10-5-9(17-6-11(13)14)4-8(3)12(10)18(15)16;1-15-9-4-3-8(16(13)14)6-7(9)2-5-10(11)12;1-5-4-6(8(9)10)2-3-7(5)13(11)12/h5-8H,1-4,9-10H2,(H,15,16)(H,17,18)(H,19,20);4-5,7H,6H2,1-3H3,(H,13,14)(H,15,16);3-4,6H,2,5H2,1H3,(H,11,12)(H,13,14);2-4H,1H3,(H,9,10)(H,11,12)/p-4. The molecule has 0 aliphatic heterocycles. The van der Waals surface area contributed by atoms with Crippen LogP contribution in [0.4, 0.5) is 0 Å². The molecule has 380 valence electrons. The summed E-state index contributed by atoms with van der Waals surface area (Å²) in [6, 6.07) is 17.0. The summed E-state index contributed by atoms with van der Waals surface area (Å²) < 4.78 is 102. The van der Waals surface area contributed by atoms with E-state index < -0.39 is 74.8 Å².